The van der Waals surface area contributed by atoms with Gasteiger partial charge in [-0.15, -0.1) is 0 Å². The molecular weight excluding hydrogens is 452 g/mol. The highest BCUT2D eigenvalue weighted by Crippen LogP contribution is 2.29. The van der Waals surface area contributed by atoms with Gasteiger partial charge >= 0.3 is 0 Å². The molecule has 2 aliphatic rings. The van der Waals surface area contributed by atoms with Crippen LogP contribution < -0.4 is 5.32 Å². The summed E-state index contributed by atoms with van der Waals surface area (Å²) >= 11 is 1.44. The Morgan fingerprint density at radius 3 is 2.47 bits per heavy atom. The SMILES string of the molecule is CC(C)CC(=O)N1CCc2nc(NC(=O)CCCCCN3C(=O)c4ccccc4C3=O)sc2C1. The van der Waals surface area contributed by atoms with Gasteiger partial charge in [0, 0.05) is 37.2 Å². The number of fused-ring (bicyclic) bond motifs is 2. The lowest BCUT2D eigenvalue weighted by Crippen LogP contribution is -2.36. The van der Waals surface area contributed by atoms with Gasteiger partial charge in [0.1, 0.15) is 0 Å². The molecule has 3 heterocycles. The highest BCUT2D eigenvalue weighted by atomic mass is 32.1. The van der Waals surface area contributed by atoms with Gasteiger partial charge in [-0.3, -0.25) is 24.1 Å². The third-order valence-electron chi connectivity index (χ3n) is 6.08. The number of carbonyl (C=O) groups excluding carboxylic acids is 4. The van der Waals surface area contributed by atoms with Crippen LogP contribution in [0.15, 0.2) is 24.3 Å². The zero-order valence-electron chi connectivity index (χ0n) is 19.6. The maximum absolute atomic E-state index is 12.4. The number of anilines is 1. The zero-order valence-corrected chi connectivity index (χ0v) is 20.5. The van der Waals surface area contributed by atoms with Crippen molar-refractivity contribution in [2.75, 3.05) is 18.4 Å². The van der Waals surface area contributed by atoms with Crippen LogP contribution in [0.1, 0.15) is 77.2 Å². The van der Waals surface area contributed by atoms with E-state index < -0.39 is 0 Å². The summed E-state index contributed by atoms with van der Waals surface area (Å²) < 4.78 is 0. The summed E-state index contributed by atoms with van der Waals surface area (Å²) in [7, 11) is 0. The predicted molar refractivity (Wildman–Crippen MR) is 130 cm³/mol. The van der Waals surface area contributed by atoms with Gasteiger partial charge in [0.15, 0.2) is 5.13 Å². The first kappa shape index (κ1) is 24.1. The van der Waals surface area contributed by atoms with Crippen molar-refractivity contribution >= 4 is 40.1 Å². The third-order valence-corrected chi connectivity index (χ3v) is 7.07. The first-order valence-electron chi connectivity index (χ1n) is 11.8. The average molecular weight is 483 g/mol. The largest absolute Gasteiger partial charge is 0.337 e. The van der Waals surface area contributed by atoms with Gasteiger partial charge in [0.2, 0.25) is 11.8 Å². The van der Waals surface area contributed by atoms with Crippen LogP contribution in [0.3, 0.4) is 0 Å². The van der Waals surface area contributed by atoms with E-state index in [1.165, 1.54) is 16.2 Å². The van der Waals surface area contributed by atoms with Crippen molar-refractivity contribution in [1.82, 2.24) is 14.8 Å². The molecule has 0 saturated carbocycles. The Labute approximate surface area is 203 Å². The standard InChI is InChI=1S/C25H30N4O4S/c1-16(2)14-22(31)28-13-11-19-20(15-28)34-25(26-19)27-21(30)10-4-3-7-12-29-23(32)17-8-5-6-9-18(17)24(29)33/h5-6,8-9,16H,3-4,7,10-15H2,1-2H3,(H,26,27,30). The summed E-state index contributed by atoms with van der Waals surface area (Å²) in [4.78, 5) is 58.2. The maximum Gasteiger partial charge on any atom is 0.261 e. The van der Waals surface area contributed by atoms with Crippen molar-refractivity contribution in [3.05, 3.63) is 46.0 Å². The predicted octanol–water partition coefficient (Wildman–Crippen LogP) is 3.87. The van der Waals surface area contributed by atoms with Gasteiger partial charge in [-0.05, 0) is 30.9 Å². The molecule has 34 heavy (non-hydrogen) atoms. The number of unbranched alkanes of at least 4 members (excludes halogenated alkanes) is 2. The summed E-state index contributed by atoms with van der Waals surface area (Å²) in [5.41, 5.74) is 1.89. The quantitative estimate of drug-likeness (QED) is 0.432. The molecular formula is C25H30N4O4S. The number of amides is 4. The van der Waals surface area contributed by atoms with E-state index in [2.05, 4.69) is 10.3 Å². The molecule has 1 N–H and O–H groups in total. The molecule has 1 aromatic carbocycles. The second-order valence-corrected chi connectivity index (χ2v) is 10.3. The lowest BCUT2D eigenvalue weighted by molar-refractivity contribution is -0.132. The van der Waals surface area contributed by atoms with Crippen LogP contribution in [0.2, 0.25) is 0 Å². The summed E-state index contributed by atoms with van der Waals surface area (Å²) in [6.45, 7) is 5.67. The van der Waals surface area contributed by atoms with Crippen LogP contribution in [0, 0.1) is 5.92 Å². The Morgan fingerprint density at radius 2 is 1.79 bits per heavy atom. The van der Waals surface area contributed by atoms with Gasteiger partial charge in [-0.25, -0.2) is 4.98 Å². The number of thiazole rings is 1. The Kier molecular flexibility index (Phi) is 7.41. The van der Waals surface area contributed by atoms with Gasteiger partial charge < -0.3 is 10.2 Å². The molecule has 4 amide bonds. The van der Waals surface area contributed by atoms with Crippen LogP contribution >= 0.6 is 11.3 Å². The van der Waals surface area contributed by atoms with E-state index in [9.17, 15) is 19.2 Å². The number of hydrogen-bond donors (Lipinski definition) is 1. The van der Waals surface area contributed by atoms with Crippen LogP contribution in [0.25, 0.3) is 0 Å². The Morgan fingerprint density at radius 1 is 1.09 bits per heavy atom. The lowest BCUT2D eigenvalue weighted by Gasteiger charge is -2.26. The van der Waals surface area contributed by atoms with Crippen LogP contribution in [0.4, 0.5) is 5.13 Å². The lowest BCUT2D eigenvalue weighted by atomic mass is 10.1. The molecule has 0 saturated heterocycles. The minimum absolute atomic E-state index is 0.0976. The first-order valence-corrected chi connectivity index (χ1v) is 12.7. The van der Waals surface area contributed by atoms with Gasteiger partial charge in [0.25, 0.3) is 11.8 Å². The Balaban J connectivity index is 1.18. The molecule has 180 valence electrons. The normalized spacial score (nSPS) is 15.0. The van der Waals surface area contributed by atoms with Gasteiger partial charge in [0.05, 0.1) is 23.4 Å². The molecule has 1 aromatic heterocycles. The Bertz CT molecular complexity index is 1080. The molecule has 0 atom stereocenters. The molecule has 0 spiro atoms. The number of carbonyl (C=O) groups is 4. The molecule has 2 aromatic rings. The van der Waals surface area contributed by atoms with Crippen molar-refractivity contribution in [2.24, 2.45) is 5.92 Å². The van der Waals surface area contributed by atoms with Crippen molar-refractivity contribution in [3.8, 4) is 0 Å². The van der Waals surface area contributed by atoms with Crippen molar-refractivity contribution < 1.29 is 19.2 Å². The van der Waals surface area contributed by atoms with Crippen LogP contribution in [0.5, 0.6) is 0 Å². The van der Waals surface area contributed by atoms with Crippen molar-refractivity contribution in [2.45, 2.75) is 58.9 Å². The first-order chi connectivity index (χ1) is 16.3. The van der Waals surface area contributed by atoms with E-state index >= 15 is 0 Å². The maximum atomic E-state index is 12.4. The molecule has 4 rings (SSSR count). The molecule has 0 bridgehead atoms. The topological polar surface area (TPSA) is 99.7 Å². The number of hydrogen-bond acceptors (Lipinski definition) is 6. The molecule has 0 aliphatic carbocycles. The summed E-state index contributed by atoms with van der Waals surface area (Å²) in [6.07, 6.45) is 3.67. The number of aromatic nitrogens is 1. The summed E-state index contributed by atoms with van der Waals surface area (Å²) in [5.74, 6) is -0.0793. The number of nitrogens with zero attached hydrogens (tertiary/aromatic N) is 3. The van der Waals surface area contributed by atoms with E-state index in [1.807, 2.05) is 18.7 Å². The highest BCUT2D eigenvalue weighted by molar-refractivity contribution is 7.15. The third kappa shape index (κ3) is 5.35. The fourth-order valence-corrected chi connectivity index (χ4v) is 5.34. The smallest absolute Gasteiger partial charge is 0.261 e. The fraction of sp³-hybridized carbons (Fsp3) is 0.480. The van der Waals surface area contributed by atoms with Gasteiger partial charge in [-0.2, -0.15) is 0 Å². The minimum atomic E-state index is -0.240. The number of rotatable bonds is 9. The zero-order chi connectivity index (χ0) is 24.2. The molecule has 8 nitrogen and oxygen atoms in total. The van der Waals surface area contributed by atoms with E-state index in [1.54, 1.807) is 24.3 Å². The molecule has 2 aliphatic heterocycles. The van der Waals surface area contributed by atoms with Crippen LogP contribution in [-0.2, 0) is 22.6 Å². The number of imide groups is 1. The van der Waals surface area contributed by atoms with Crippen LogP contribution in [-0.4, -0.2) is 51.5 Å². The number of benzene rings is 1. The minimum Gasteiger partial charge on any atom is -0.337 e. The molecule has 0 radical (unpaired) electrons. The fourth-order valence-electron chi connectivity index (χ4n) is 4.30. The van der Waals surface area contributed by atoms with Gasteiger partial charge in [-0.1, -0.05) is 43.7 Å². The molecule has 0 fully saturated rings. The van der Waals surface area contributed by atoms with E-state index in [0.29, 0.717) is 73.9 Å². The average Bonchev–Trinajstić information content (AvgIpc) is 3.31. The van der Waals surface area contributed by atoms with Crippen molar-refractivity contribution in [1.29, 1.82) is 0 Å². The summed E-state index contributed by atoms with van der Waals surface area (Å²) in [6, 6.07) is 6.87. The van der Waals surface area contributed by atoms with Crippen molar-refractivity contribution in [3.63, 3.8) is 0 Å². The number of nitrogens with one attached hydrogen (secondary N) is 1. The highest BCUT2D eigenvalue weighted by Gasteiger charge is 2.34. The monoisotopic (exact) mass is 482 g/mol. The Hall–Kier alpha value is -3.07. The second kappa shape index (κ2) is 10.5. The summed E-state index contributed by atoms with van der Waals surface area (Å²) in [5, 5.41) is 3.46. The second-order valence-electron chi connectivity index (χ2n) is 9.22. The molecule has 0 unspecified atom stereocenters. The van der Waals surface area contributed by atoms with E-state index in [0.717, 1.165) is 17.0 Å². The van der Waals surface area contributed by atoms with E-state index in [-0.39, 0.29) is 23.6 Å². The van der Waals surface area contributed by atoms with E-state index in [4.69, 9.17) is 0 Å². The molecule has 9 heteroatoms.